The summed E-state index contributed by atoms with van der Waals surface area (Å²) in [6, 6.07) is 11.2. The van der Waals surface area contributed by atoms with Crippen LogP contribution in [0.4, 0.5) is 5.69 Å². The predicted molar refractivity (Wildman–Crippen MR) is 167 cm³/mol. The van der Waals surface area contributed by atoms with Gasteiger partial charge in [-0.25, -0.2) is 9.50 Å². The van der Waals surface area contributed by atoms with Crippen molar-refractivity contribution in [2.45, 2.75) is 71.1 Å². The molecule has 1 aliphatic carbocycles. The fourth-order valence-electron chi connectivity index (χ4n) is 6.95. The van der Waals surface area contributed by atoms with E-state index in [4.69, 9.17) is 15.1 Å². The molecular formula is C33H38N8O2. The van der Waals surface area contributed by atoms with Gasteiger partial charge in [-0.2, -0.15) is 10.2 Å². The maximum atomic E-state index is 11.9. The van der Waals surface area contributed by atoms with Gasteiger partial charge in [-0.15, -0.1) is 0 Å². The van der Waals surface area contributed by atoms with Gasteiger partial charge < -0.3 is 14.9 Å². The van der Waals surface area contributed by atoms with Crippen molar-refractivity contribution in [3.05, 3.63) is 60.8 Å². The molecule has 1 saturated heterocycles. The molecule has 0 radical (unpaired) electrons. The van der Waals surface area contributed by atoms with Crippen LogP contribution in [-0.4, -0.2) is 77.1 Å². The molecule has 1 atom stereocenters. The second kappa shape index (κ2) is 11.1. The molecule has 10 heteroatoms. The number of likely N-dealkylation sites (N-methyl/N-ethyl adjacent to an activating group) is 1. The number of aryl methyl sites for hydroxylation is 1. The third kappa shape index (κ3) is 5.03. The molecule has 2 aliphatic rings. The lowest BCUT2D eigenvalue weighted by Gasteiger charge is -2.30. The molecule has 10 nitrogen and oxygen atoms in total. The van der Waals surface area contributed by atoms with Crippen molar-refractivity contribution >= 4 is 28.1 Å². The molecule has 0 spiro atoms. The lowest BCUT2D eigenvalue weighted by molar-refractivity contribution is -0.127. The number of rotatable bonds is 6. The van der Waals surface area contributed by atoms with Gasteiger partial charge in [-0.3, -0.25) is 14.5 Å². The second-order valence-corrected chi connectivity index (χ2v) is 12.0. The molecule has 5 aromatic rings. The Bertz CT molecular complexity index is 1800. The van der Waals surface area contributed by atoms with E-state index in [0.717, 1.165) is 102 Å². The number of aliphatic hydroxyl groups excluding tert-OH is 1. The van der Waals surface area contributed by atoms with Gasteiger partial charge >= 0.3 is 0 Å². The van der Waals surface area contributed by atoms with E-state index in [1.165, 1.54) is 0 Å². The largest absolute Gasteiger partial charge is 0.393 e. The number of likely N-dealkylation sites (tertiary alicyclic amines) is 1. The van der Waals surface area contributed by atoms with E-state index < -0.39 is 0 Å². The lowest BCUT2D eigenvalue weighted by Crippen LogP contribution is -2.38. The normalized spacial score (nSPS) is 20.7. The Balaban J connectivity index is 1.19. The average molecular weight is 579 g/mol. The number of pyridine rings is 1. The van der Waals surface area contributed by atoms with Crippen molar-refractivity contribution in [2.24, 2.45) is 0 Å². The van der Waals surface area contributed by atoms with E-state index in [-0.39, 0.29) is 12.0 Å². The highest BCUT2D eigenvalue weighted by Crippen LogP contribution is 2.34. The Morgan fingerprint density at radius 1 is 1.05 bits per heavy atom. The Labute approximate surface area is 251 Å². The zero-order valence-electron chi connectivity index (χ0n) is 25.0. The molecule has 7 rings (SSSR count). The zero-order valence-corrected chi connectivity index (χ0v) is 25.0. The van der Waals surface area contributed by atoms with Gasteiger partial charge in [0.25, 0.3) is 0 Å². The number of fused-ring (bicyclic) bond motifs is 2. The Morgan fingerprint density at radius 3 is 2.65 bits per heavy atom. The Kier molecular flexibility index (Phi) is 7.09. The van der Waals surface area contributed by atoms with E-state index in [1.807, 2.05) is 45.7 Å². The number of carbonyl (C=O) groups excluding carboxylic acids is 1. The number of hydrogen-bond donors (Lipinski definition) is 1. The molecule has 222 valence electrons. The monoisotopic (exact) mass is 578 g/mol. The molecule has 1 aromatic carbocycles. The van der Waals surface area contributed by atoms with Crippen molar-refractivity contribution in [3.63, 3.8) is 0 Å². The van der Waals surface area contributed by atoms with Gasteiger partial charge in [0.15, 0.2) is 5.65 Å². The highest BCUT2D eigenvalue weighted by molar-refractivity contribution is 5.95. The summed E-state index contributed by atoms with van der Waals surface area (Å²) in [5.74, 6) is 0.142. The molecule has 43 heavy (non-hydrogen) atoms. The van der Waals surface area contributed by atoms with E-state index in [2.05, 4.69) is 47.4 Å². The van der Waals surface area contributed by atoms with Gasteiger partial charge in [0.2, 0.25) is 5.91 Å². The molecule has 1 saturated carbocycles. The maximum absolute atomic E-state index is 11.9. The lowest BCUT2D eigenvalue weighted by atomic mass is 9.93. The fraction of sp³-hybridized carbons (Fsp3) is 0.424. The molecule has 1 aliphatic heterocycles. The number of benzene rings is 1. The smallest absolute Gasteiger partial charge is 0.219 e. The Hall–Kier alpha value is -4.31. The highest BCUT2D eigenvalue weighted by atomic mass is 16.3. The van der Waals surface area contributed by atoms with Crippen LogP contribution in [0.1, 0.15) is 57.7 Å². The molecule has 1 amide bonds. The van der Waals surface area contributed by atoms with Crippen LogP contribution in [0.5, 0.6) is 0 Å². The minimum absolute atomic E-state index is 0.142. The summed E-state index contributed by atoms with van der Waals surface area (Å²) in [7, 11) is 0. The van der Waals surface area contributed by atoms with E-state index in [9.17, 15) is 9.90 Å². The van der Waals surface area contributed by atoms with Gasteiger partial charge in [0.1, 0.15) is 0 Å². The van der Waals surface area contributed by atoms with Gasteiger partial charge in [-0.05, 0) is 70.2 Å². The van der Waals surface area contributed by atoms with Gasteiger partial charge in [0.05, 0.1) is 41.4 Å². The third-order valence-corrected chi connectivity index (χ3v) is 9.35. The first kappa shape index (κ1) is 27.5. The van der Waals surface area contributed by atoms with Gasteiger partial charge in [-0.1, -0.05) is 6.07 Å². The summed E-state index contributed by atoms with van der Waals surface area (Å²) in [5, 5.41) is 20.6. The van der Waals surface area contributed by atoms with E-state index in [0.29, 0.717) is 12.1 Å². The van der Waals surface area contributed by atoms with Crippen LogP contribution in [0.2, 0.25) is 0 Å². The van der Waals surface area contributed by atoms with E-state index >= 15 is 0 Å². The standard InChI is InChI=1S/C33H38N8O2/c1-4-39(26-12-14-38(20-26)22(3)42)25-7-10-28-29(11-13-34-31(28)15-25)32-18-35-33-16-30(21(2)37-41(32)33)23-17-36-40(19-23)24-5-8-27(43)9-6-24/h7,10-11,13,15-19,24,26-27,43H,4-6,8-9,12,14,20H2,1-3H3/t24-,26-,27-/m0/s1. The summed E-state index contributed by atoms with van der Waals surface area (Å²) in [5.41, 5.74) is 7.71. The summed E-state index contributed by atoms with van der Waals surface area (Å²) in [4.78, 5) is 25.7. The van der Waals surface area contributed by atoms with Crippen LogP contribution in [-0.2, 0) is 4.79 Å². The first-order valence-corrected chi connectivity index (χ1v) is 15.4. The number of aliphatic hydroxyl groups is 1. The second-order valence-electron chi connectivity index (χ2n) is 12.0. The SMILES string of the molecule is CCN(c1ccc2c(-c3cnc4cc(-c5cnn([C@H]6CC[C@H](O)CC6)c5)c(C)nn34)ccnc2c1)[C@H]1CCN(C(C)=O)C1. The van der Waals surface area contributed by atoms with Crippen LogP contribution in [0, 0.1) is 6.92 Å². The van der Waals surface area contributed by atoms with Crippen LogP contribution < -0.4 is 4.90 Å². The number of carbonyl (C=O) groups is 1. The summed E-state index contributed by atoms with van der Waals surface area (Å²) in [6.45, 7) is 8.27. The van der Waals surface area contributed by atoms with Crippen molar-refractivity contribution in [3.8, 4) is 22.4 Å². The van der Waals surface area contributed by atoms with Crippen molar-refractivity contribution in [1.29, 1.82) is 0 Å². The number of amides is 1. The number of nitrogens with zero attached hydrogens (tertiary/aromatic N) is 8. The van der Waals surface area contributed by atoms with Crippen molar-refractivity contribution in [1.82, 2.24) is 34.3 Å². The third-order valence-electron chi connectivity index (χ3n) is 9.35. The number of aromatic nitrogens is 6. The molecule has 5 heterocycles. The number of hydrogen-bond acceptors (Lipinski definition) is 7. The van der Waals surface area contributed by atoms with E-state index in [1.54, 1.807) is 6.92 Å². The molecule has 0 unspecified atom stereocenters. The molecule has 4 aromatic heterocycles. The van der Waals surface area contributed by atoms with Crippen LogP contribution in [0.25, 0.3) is 38.9 Å². The van der Waals surface area contributed by atoms with Crippen LogP contribution in [0.15, 0.2) is 55.1 Å². The topological polar surface area (TPSA) is 105 Å². The quantitative estimate of drug-likeness (QED) is 0.301. The maximum Gasteiger partial charge on any atom is 0.219 e. The first-order valence-electron chi connectivity index (χ1n) is 15.4. The minimum atomic E-state index is -0.183. The molecular weight excluding hydrogens is 540 g/mol. The highest BCUT2D eigenvalue weighted by Gasteiger charge is 2.29. The summed E-state index contributed by atoms with van der Waals surface area (Å²) in [6.07, 6.45) is 12.1. The number of anilines is 1. The average Bonchev–Trinajstić information content (AvgIpc) is 3.78. The van der Waals surface area contributed by atoms with Gasteiger partial charge in [0, 0.05) is 72.8 Å². The molecule has 0 bridgehead atoms. The van der Waals surface area contributed by atoms with Crippen LogP contribution in [0.3, 0.4) is 0 Å². The zero-order chi connectivity index (χ0) is 29.7. The molecule has 2 fully saturated rings. The minimum Gasteiger partial charge on any atom is -0.393 e. The Morgan fingerprint density at radius 2 is 1.88 bits per heavy atom. The van der Waals surface area contributed by atoms with Crippen LogP contribution >= 0.6 is 0 Å². The van der Waals surface area contributed by atoms with Crippen molar-refractivity contribution < 1.29 is 9.90 Å². The molecule has 1 N–H and O–H groups in total. The summed E-state index contributed by atoms with van der Waals surface area (Å²) >= 11 is 0. The predicted octanol–water partition coefficient (Wildman–Crippen LogP) is 5.04. The fourth-order valence-corrected chi connectivity index (χ4v) is 6.95. The van der Waals surface area contributed by atoms with Crippen molar-refractivity contribution in [2.75, 3.05) is 24.5 Å². The summed E-state index contributed by atoms with van der Waals surface area (Å²) < 4.78 is 3.96. The first-order chi connectivity index (χ1) is 20.9. The number of imidazole rings is 1.